The average Bonchev–Trinajstić information content (AvgIpc) is 3.74. The molecule has 6 rings (SSSR count). The minimum atomic E-state index is -4.42. The molecule has 14 heteroatoms. The summed E-state index contributed by atoms with van der Waals surface area (Å²) in [6.45, 7) is 10.7. The van der Waals surface area contributed by atoms with Crippen LogP contribution in [0.15, 0.2) is 113 Å². The van der Waals surface area contributed by atoms with Crippen LogP contribution in [0.25, 0.3) is 21.8 Å². The van der Waals surface area contributed by atoms with Crippen LogP contribution < -0.4 is 4.72 Å². The molecule has 1 fully saturated rings. The van der Waals surface area contributed by atoms with E-state index in [1.165, 1.54) is 40.5 Å². The molecule has 290 valence electrons. The van der Waals surface area contributed by atoms with Crippen LogP contribution in [0.5, 0.6) is 0 Å². The zero-order valence-electron chi connectivity index (χ0n) is 31.2. The molecule has 0 saturated carbocycles. The molecule has 55 heavy (non-hydrogen) atoms. The average molecular weight is 808 g/mol. The molecule has 0 radical (unpaired) electrons. The lowest BCUT2D eigenvalue weighted by atomic mass is 10.00. The smallest absolute Gasteiger partial charge is 0.416 e. The molecule has 2 atom stereocenters. The first-order valence-corrected chi connectivity index (χ1v) is 23.2. The van der Waals surface area contributed by atoms with Gasteiger partial charge in [0.2, 0.25) is 0 Å². The van der Waals surface area contributed by atoms with Crippen LogP contribution in [0.3, 0.4) is 0 Å². The summed E-state index contributed by atoms with van der Waals surface area (Å²) in [5.74, 6) is 0. The molecule has 1 amide bonds. The van der Waals surface area contributed by atoms with Crippen LogP contribution >= 0.6 is 11.3 Å². The fraction of sp³-hybridized carbons (Fsp3) is 0.317. The van der Waals surface area contributed by atoms with E-state index >= 15 is 0 Å². The molecule has 4 aromatic carbocycles. The van der Waals surface area contributed by atoms with Crippen molar-refractivity contribution in [2.24, 2.45) is 0 Å². The highest BCUT2D eigenvalue weighted by atomic mass is 32.2. The second-order valence-electron chi connectivity index (χ2n) is 15.5. The molecular formula is C41H44F3N3O5S2Si. The Morgan fingerprint density at radius 3 is 2.13 bits per heavy atom. The van der Waals surface area contributed by atoms with Gasteiger partial charge in [-0.2, -0.15) is 13.2 Å². The number of anilines is 1. The fourth-order valence-electron chi connectivity index (χ4n) is 6.69. The number of carboxylic acid groups (broad SMARTS) is 1. The minimum Gasteiger partial charge on any atom is -0.465 e. The van der Waals surface area contributed by atoms with Gasteiger partial charge >= 0.3 is 12.3 Å². The van der Waals surface area contributed by atoms with Crippen molar-refractivity contribution in [3.05, 3.63) is 125 Å². The van der Waals surface area contributed by atoms with Gasteiger partial charge in [0.25, 0.3) is 10.0 Å². The Kier molecular flexibility index (Phi) is 11.1. The molecule has 0 bridgehead atoms. The molecule has 1 aliphatic rings. The predicted octanol–water partition coefficient (Wildman–Crippen LogP) is 10.9. The summed E-state index contributed by atoms with van der Waals surface area (Å²) in [7, 11) is -6.36. The van der Waals surface area contributed by atoms with Gasteiger partial charge in [0.05, 0.1) is 16.2 Å². The molecule has 2 heterocycles. The lowest BCUT2D eigenvalue weighted by Crippen LogP contribution is -2.60. The van der Waals surface area contributed by atoms with Crippen LogP contribution in [-0.2, 0) is 33.5 Å². The number of benzene rings is 4. The fourth-order valence-corrected chi connectivity index (χ4v) is 10.1. The lowest BCUT2D eigenvalue weighted by Gasteiger charge is -2.48. The molecule has 0 aliphatic carbocycles. The van der Waals surface area contributed by atoms with Crippen molar-refractivity contribution in [1.82, 2.24) is 9.88 Å². The van der Waals surface area contributed by atoms with E-state index in [1.54, 1.807) is 29.6 Å². The van der Waals surface area contributed by atoms with Crippen LogP contribution in [0.2, 0.25) is 18.1 Å². The zero-order chi connectivity index (χ0) is 39.8. The van der Waals surface area contributed by atoms with Crippen molar-refractivity contribution in [1.29, 1.82) is 0 Å². The number of hydrogen-bond donors (Lipinski definition) is 2. The van der Waals surface area contributed by atoms with Crippen LogP contribution in [0, 0.1) is 0 Å². The van der Waals surface area contributed by atoms with Gasteiger partial charge in [-0.3, -0.25) is 9.62 Å². The number of sulfonamides is 1. The van der Waals surface area contributed by atoms with Crippen LogP contribution in [0.1, 0.15) is 50.3 Å². The zero-order valence-corrected chi connectivity index (χ0v) is 33.9. The van der Waals surface area contributed by atoms with E-state index in [-0.39, 0.29) is 16.0 Å². The first-order chi connectivity index (χ1) is 25.8. The van der Waals surface area contributed by atoms with Gasteiger partial charge in [-0.15, -0.1) is 11.3 Å². The Labute approximate surface area is 325 Å². The van der Waals surface area contributed by atoms with Crippen molar-refractivity contribution in [3.63, 3.8) is 0 Å². The van der Waals surface area contributed by atoms with Crippen LogP contribution in [0.4, 0.5) is 23.7 Å². The van der Waals surface area contributed by atoms with E-state index < -0.39 is 41.9 Å². The van der Waals surface area contributed by atoms with E-state index in [0.717, 1.165) is 23.3 Å². The lowest BCUT2D eigenvalue weighted by molar-refractivity contribution is -0.137. The molecule has 1 aliphatic heterocycles. The van der Waals surface area contributed by atoms with Gasteiger partial charge in [-0.25, -0.2) is 18.2 Å². The summed E-state index contributed by atoms with van der Waals surface area (Å²) < 4.78 is 75.2. The Hall–Kier alpha value is -4.50. The molecule has 1 saturated heterocycles. The number of nitrogens with zero attached hydrogens (tertiary/aromatic N) is 2. The van der Waals surface area contributed by atoms with Gasteiger partial charge in [-0.05, 0) is 84.9 Å². The summed E-state index contributed by atoms with van der Waals surface area (Å²) in [4.78, 5) is 19.2. The van der Waals surface area contributed by atoms with E-state index in [9.17, 15) is 31.5 Å². The van der Waals surface area contributed by atoms with Crippen molar-refractivity contribution in [2.75, 3.05) is 4.72 Å². The maximum atomic E-state index is 13.3. The predicted molar refractivity (Wildman–Crippen MR) is 213 cm³/mol. The molecule has 1 aromatic heterocycles. The highest BCUT2D eigenvalue weighted by molar-refractivity contribution is 7.92. The third-order valence-corrected chi connectivity index (χ3v) is 17.3. The molecule has 5 aromatic rings. The number of alkyl halides is 3. The topological polar surface area (TPSA) is 109 Å². The van der Waals surface area contributed by atoms with E-state index in [2.05, 4.69) is 43.6 Å². The number of likely N-dealkylation sites (tertiary alicyclic amines) is 1. The summed E-state index contributed by atoms with van der Waals surface area (Å²) >= 11 is 1.30. The maximum Gasteiger partial charge on any atom is 0.416 e. The molecular weight excluding hydrogens is 764 g/mol. The van der Waals surface area contributed by atoms with Gasteiger partial charge in [0, 0.05) is 34.7 Å². The van der Waals surface area contributed by atoms with Gasteiger partial charge < -0.3 is 9.53 Å². The highest BCUT2D eigenvalue weighted by Gasteiger charge is 2.54. The quantitative estimate of drug-likeness (QED) is 0.129. The number of thiazole rings is 1. The number of rotatable bonds is 11. The Morgan fingerprint density at radius 1 is 0.927 bits per heavy atom. The number of aromatic nitrogens is 1. The monoisotopic (exact) mass is 807 g/mol. The number of carbonyl (C=O) groups is 1. The first kappa shape index (κ1) is 40.2. The Morgan fingerprint density at radius 2 is 1.55 bits per heavy atom. The number of nitrogens with one attached hydrogen (secondary N) is 1. The van der Waals surface area contributed by atoms with Gasteiger partial charge in [0.15, 0.2) is 8.32 Å². The third kappa shape index (κ3) is 8.98. The standard InChI is InChI=1S/C41H44F3N3O5S2Si/c1-39(2,3)55(4,5)52-40(26-29-9-7-6-8-10-29)24-23-34(47(40)38(48)49)25-28-11-19-33(20-12-28)46-54(50,51)35-21-15-31(16-22-35)37-45-36(27-53-37)30-13-17-32(18-14-30)41(42,43)44/h6-22,27,34,46H,23-26H2,1-5H3,(H,48,49)/t34?,40-/m1/s1. The number of hydrogen-bond acceptors (Lipinski definition) is 6. The third-order valence-electron chi connectivity index (χ3n) is 10.6. The first-order valence-electron chi connectivity index (χ1n) is 17.9. The Bertz CT molecular complexity index is 2220. The summed E-state index contributed by atoms with van der Waals surface area (Å²) in [5.41, 5.74) is 2.20. The van der Waals surface area contributed by atoms with Gasteiger partial charge in [0.1, 0.15) is 10.7 Å². The van der Waals surface area contributed by atoms with E-state index in [0.29, 0.717) is 53.2 Å². The summed E-state index contributed by atoms with van der Waals surface area (Å²) in [6, 6.07) is 27.5. The second kappa shape index (κ2) is 15.2. The second-order valence-corrected chi connectivity index (χ2v) is 22.7. The van der Waals surface area contributed by atoms with Gasteiger partial charge in [-0.1, -0.05) is 87.5 Å². The largest absolute Gasteiger partial charge is 0.465 e. The van der Waals surface area contributed by atoms with Crippen LogP contribution in [-0.4, -0.2) is 49.6 Å². The number of amides is 1. The van der Waals surface area contributed by atoms with E-state index in [4.69, 9.17) is 4.43 Å². The van der Waals surface area contributed by atoms with Crippen molar-refractivity contribution in [2.45, 2.75) is 87.4 Å². The summed E-state index contributed by atoms with van der Waals surface area (Å²) in [5, 5.41) is 12.9. The van der Waals surface area contributed by atoms with Crippen molar-refractivity contribution >= 4 is 41.5 Å². The minimum absolute atomic E-state index is 0.0411. The normalized spacial score (nSPS) is 18.0. The van der Waals surface area contributed by atoms with Crippen molar-refractivity contribution in [3.8, 4) is 21.8 Å². The highest BCUT2D eigenvalue weighted by Crippen LogP contribution is 2.46. The molecule has 0 spiro atoms. The van der Waals surface area contributed by atoms with E-state index in [1.807, 2.05) is 42.5 Å². The molecule has 8 nitrogen and oxygen atoms in total. The molecule has 1 unspecified atom stereocenters. The molecule has 2 N–H and O–H groups in total. The van der Waals surface area contributed by atoms with Crippen molar-refractivity contribution < 1.29 is 35.9 Å². The maximum absolute atomic E-state index is 13.3. The SMILES string of the molecule is CC(C)(C)[Si](C)(C)O[C@@]1(Cc2ccccc2)CCC(Cc2ccc(NS(=O)(=O)c3ccc(-c4nc(-c5ccc(C(F)(F)F)cc5)cs4)cc3)cc2)N1C(=O)O. The Balaban J connectivity index is 1.14. The number of halogens is 3. The summed E-state index contributed by atoms with van der Waals surface area (Å²) in [6.07, 6.45) is -3.39.